The molecule has 0 aliphatic carbocycles. The standard InChI is InChI=1S/C18H16FINO3P.C2H6/c19-16-5-1-13(2-6-16)12-23-18(22)15-4-3-14-7-8-21(17(14)11-15)9-10-24-25-20;1-2/h1-8,11,25H,9-10,12H2;1-2H3. The van der Waals surface area contributed by atoms with E-state index in [0.29, 0.717) is 18.6 Å². The van der Waals surface area contributed by atoms with Crippen molar-refractivity contribution in [3.8, 4) is 0 Å². The third kappa shape index (κ3) is 6.26. The molecular formula is C20H22FINO3P. The Morgan fingerprint density at radius 3 is 2.59 bits per heavy atom. The SMILES string of the molecule is CC.O=C(OCc1ccc(F)cc1)c1ccc2ccn(CCOPI)c2c1. The number of hydrogen-bond acceptors (Lipinski definition) is 3. The molecule has 1 unspecified atom stereocenters. The third-order valence-electron chi connectivity index (χ3n) is 3.78. The van der Waals surface area contributed by atoms with E-state index >= 15 is 0 Å². The molecule has 1 atom stereocenters. The number of hydrogen-bond donors (Lipinski definition) is 0. The first kappa shape index (κ1) is 21.8. The minimum atomic E-state index is -0.399. The Kier molecular flexibility index (Phi) is 9.18. The molecule has 0 spiro atoms. The number of benzene rings is 2. The van der Waals surface area contributed by atoms with Gasteiger partial charge in [-0.15, -0.1) is 0 Å². The predicted molar refractivity (Wildman–Crippen MR) is 117 cm³/mol. The van der Waals surface area contributed by atoms with Crippen LogP contribution in [0.5, 0.6) is 0 Å². The van der Waals surface area contributed by atoms with Crippen LogP contribution in [0.3, 0.4) is 0 Å². The van der Waals surface area contributed by atoms with Gasteiger partial charge in [0.25, 0.3) is 0 Å². The highest BCUT2D eigenvalue weighted by Crippen LogP contribution is 2.23. The van der Waals surface area contributed by atoms with Gasteiger partial charge in [-0.2, -0.15) is 0 Å². The van der Waals surface area contributed by atoms with Gasteiger partial charge in [0.1, 0.15) is 12.4 Å². The fourth-order valence-corrected chi connectivity index (χ4v) is 3.33. The smallest absolute Gasteiger partial charge is 0.338 e. The summed E-state index contributed by atoms with van der Waals surface area (Å²) in [7, 11) is 0. The van der Waals surface area contributed by atoms with Gasteiger partial charge < -0.3 is 13.8 Å². The molecule has 7 heteroatoms. The van der Waals surface area contributed by atoms with Crippen LogP contribution in [0.4, 0.5) is 4.39 Å². The number of aromatic nitrogens is 1. The first-order chi connectivity index (χ1) is 13.2. The van der Waals surface area contributed by atoms with Crippen LogP contribution >= 0.6 is 28.5 Å². The highest BCUT2D eigenvalue weighted by molar-refractivity contribution is 14.2. The van der Waals surface area contributed by atoms with Crippen LogP contribution < -0.4 is 0 Å². The first-order valence-corrected chi connectivity index (χ1v) is 12.7. The highest BCUT2D eigenvalue weighted by atomic mass is 127. The highest BCUT2D eigenvalue weighted by Gasteiger charge is 2.10. The van der Waals surface area contributed by atoms with Crippen molar-refractivity contribution in [2.45, 2.75) is 27.0 Å². The number of ether oxygens (including phenoxy) is 1. The molecule has 0 aliphatic heterocycles. The second-order valence-electron chi connectivity index (χ2n) is 5.41. The van der Waals surface area contributed by atoms with Gasteiger partial charge in [0, 0.05) is 18.3 Å². The molecule has 3 rings (SSSR count). The van der Waals surface area contributed by atoms with Gasteiger partial charge in [-0.1, -0.05) is 32.0 Å². The summed E-state index contributed by atoms with van der Waals surface area (Å²) in [5.41, 5.74) is 2.21. The van der Waals surface area contributed by atoms with Gasteiger partial charge in [0.05, 0.1) is 18.6 Å². The average molecular weight is 501 g/mol. The Hall–Kier alpha value is -1.50. The number of fused-ring (bicyclic) bond motifs is 1. The summed E-state index contributed by atoms with van der Waals surface area (Å²) in [6.45, 7) is 5.91. The fraction of sp³-hybridized carbons (Fsp3) is 0.250. The lowest BCUT2D eigenvalue weighted by molar-refractivity contribution is 0.0473. The maximum Gasteiger partial charge on any atom is 0.338 e. The number of esters is 1. The van der Waals surface area contributed by atoms with Crippen molar-refractivity contribution in [2.75, 3.05) is 6.61 Å². The minimum Gasteiger partial charge on any atom is -0.457 e. The van der Waals surface area contributed by atoms with Gasteiger partial charge >= 0.3 is 5.97 Å². The summed E-state index contributed by atoms with van der Waals surface area (Å²) in [5.74, 6) is -0.711. The van der Waals surface area contributed by atoms with E-state index in [1.807, 2.05) is 38.2 Å². The molecule has 0 radical (unpaired) electrons. The van der Waals surface area contributed by atoms with Crippen molar-refractivity contribution < 1.29 is 18.4 Å². The van der Waals surface area contributed by atoms with Gasteiger partial charge in [-0.05, 0) is 63.3 Å². The second-order valence-corrected chi connectivity index (χ2v) is 7.18. The molecule has 2 aromatic carbocycles. The van der Waals surface area contributed by atoms with Crippen LogP contribution in [0, 0.1) is 5.82 Å². The second kappa shape index (κ2) is 11.4. The molecule has 0 aliphatic rings. The maximum absolute atomic E-state index is 12.9. The molecule has 0 saturated heterocycles. The predicted octanol–water partition coefficient (Wildman–Crippen LogP) is 6.12. The molecule has 0 amide bonds. The van der Waals surface area contributed by atoms with Crippen molar-refractivity contribution in [1.29, 1.82) is 0 Å². The van der Waals surface area contributed by atoms with Crippen molar-refractivity contribution in [3.63, 3.8) is 0 Å². The van der Waals surface area contributed by atoms with Gasteiger partial charge in [0.2, 0.25) is 0 Å². The number of rotatable bonds is 7. The Labute approximate surface area is 173 Å². The van der Waals surface area contributed by atoms with Crippen LogP contribution in [-0.4, -0.2) is 17.1 Å². The number of carbonyl (C=O) groups is 1. The molecule has 0 bridgehead atoms. The van der Waals surface area contributed by atoms with Crippen LogP contribution in [-0.2, 0) is 22.4 Å². The zero-order valence-corrected chi connectivity index (χ0v) is 18.4. The van der Waals surface area contributed by atoms with Crippen LogP contribution in [0.15, 0.2) is 54.7 Å². The Morgan fingerprint density at radius 2 is 1.89 bits per heavy atom. The van der Waals surface area contributed by atoms with Crippen LogP contribution in [0.1, 0.15) is 29.8 Å². The number of nitrogens with zero attached hydrogens (tertiary/aromatic N) is 1. The van der Waals surface area contributed by atoms with E-state index in [9.17, 15) is 9.18 Å². The number of carbonyl (C=O) groups excluding carboxylic acids is 1. The Bertz CT molecular complexity index is 867. The van der Waals surface area contributed by atoms with Gasteiger partial charge in [-0.3, -0.25) is 0 Å². The molecule has 1 heterocycles. The lowest BCUT2D eigenvalue weighted by Crippen LogP contribution is -2.06. The zero-order valence-electron chi connectivity index (χ0n) is 15.2. The van der Waals surface area contributed by atoms with E-state index in [1.165, 1.54) is 12.1 Å². The summed E-state index contributed by atoms with van der Waals surface area (Å²) in [6.07, 6.45) is 1.98. The van der Waals surface area contributed by atoms with Crippen LogP contribution in [0.2, 0.25) is 0 Å². The minimum absolute atomic E-state index is 0.114. The van der Waals surface area contributed by atoms with E-state index in [2.05, 4.69) is 26.6 Å². The van der Waals surface area contributed by atoms with Crippen molar-refractivity contribution in [3.05, 3.63) is 71.7 Å². The molecule has 144 valence electrons. The molecule has 4 nitrogen and oxygen atoms in total. The quantitative estimate of drug-likeness (QED) is 0.170. The van der Waals surface area contributed by atoms with Crippen molar-refractivity contribution in [1.82, 2.24) is 4.57 Å². The third-order valence-corrected chi connectivity index (χ3v) is 5.03. The lowest BCUT2D eigenvalue weighted by Gasteiger charge is -2.08. The maximum atomic E-state index is 12.9. The normalized spacial score (nSPS) is 10.8. The Balaban J connectivity index is 0.00000126. The molecule has 0 fully saturated rings. The van der Waals surface area contributed by atoms with E-state index in [1.54, 1.807) is 18.2 Å². The van der Waals surface area contributed by atoms with Gasteiger partial charge in [-0.25, -0.2) is 9.18 Å². The van der Waals surface area contributed by atoms with Crippen molar-refractivity contribution in [2.24, 2.45) is 0 Å². The first-order valence-electron chi connectivity index (χ1n) is 8.65. The molecule has 27 heavy (non-hydrogen) atoms. The van der Waals surface area contributed by atoms with E-state index in [4.69, 9.17) is 9.26 Å². The van der Waals surface area contributed by atoms with E-state index in [0.717, 1.165) is 23.0 Å². The topological polar surface area (TPSA) is 40.5 Å². The molecule has 3 aromatic rings. The molecule has 0 saturated carbocycles. The monoisotopic (exact) mass is 501 g/mol. The largest absolute Gasteiger partial charge is 0.457 e. The van der Waals surface area contributed by atoms with Gasteiger partial charge in [0.15, 0.2) is 0 Å². The molecule has 0 N–H and O–H groups in total. The van der Waals surface area contributed by atoms with Crippen LogP contribution in [0.25, 0.3) is 10.9 Å². The summed E-state index contributed by atoms with van der Waals surface area (Å²) >= 11 is 2.19. The summed E-state index contributed by atoms with van der Waals surface area (Å²) in [5, 5.41) is 1.06. The summed E-state index contributed by atoms with van der Waals surface area (Å²) in [6, 6.07) is 13.4. The lowest BCUT2D eigenvalue weighted by atomic mass is 10.1. The van der Waals surface area contributed by atoms with E-state index < -0.39 is 5.97 Å². The summed E-state index contributed by atoms with van der Waals surface area (Å²) < 4.78 is 25.7. The average Bonchev–Trinajstić information content (AvgIpc) is 3.11. The summed E-state index contributed by atoms with van der Waals surface area (Å²) in [4.78, 5) is 12.3. The zero-order chi connectivity index (χ0) is 19.6. The fourth-order valence-electron chi connectivity index (χ4n) is 2.50. The van der Waals surface area contributed by atoms with E-state index in [-0.39, 0.29) is 12.4 Å². The van der Waals surface area contributed by atoms with Crippen molar-refractivity contribution >= 4 is 45.4 Å². The molecule has 1 aromatic heterocycles. The Morgan fingerprint density at radius 1 is 1.15 bits per heavy atom. The number of halogens is 2. The molecular weight excluding hydrogens is 479 g/mol.